The third-order valence-electron chi connectivity index (χ3n) is 3.80. The maximum absolute atomic E-state index is 12.1. The number of aromatic nitrogens is 1. The van der Waals surface area contributed by atoms with Crippen molar-refractivity contribution in [3.05, 3.63) is 23.5 Å². The molecule has 1 amide bonds. The minimum absolute atomic E-state index is 0.0545. The number of carbonyl (C=O) groups is 1. The van der Waals surface area contributed by atoms with Gasteiger partial charge in [0.15, 0.2) is 5.15 Å². The van der Waals surface area contributed by atoms with Gasteiger partial charge in [-0.05, 0) is 37.4 Å². The number of aliphatic hydroxyl groups is 1. The van der Waals surface area contributed by atoms with Crippen LogP contribution in [0.3, 0.4) is 0 Å². The van der Waals surface area contributed by atoms with E-state index in [1.54, 1.807) is 18.3 Å². The van der Waals surface area contributed by atoms with E-state index in [9.17, 15) is 9.90 Å². The van der Waals surface area contributed by atoms with E-state index in [2.05, 4.69) is 17.2 Å². The van der Waals surface area contributed by atoms with E-state index in [1.807, 2.05) is 4.90 Å². The number of carbonyl (C=O) groups excluding carboxylic acids is 1. The lowest BCUT2D eigenvalue weighted by atomic mass is 9.91. The lowest BCUT2D eigenvalue weighted by molar-refractivity contribution is -0.118. The Morgan fingerprint density at radius 1 is 1.65 bits per heavy atom. The van der Waals surface area contributed by atoms with E-state index in [0.717, 1.165) is 19.4 Å². The third-order valence-corrected chi connectivity index (χ3v) is 4.10. The highest BCUT2D eigenvalue weighted by Gasteiger charge is 2.29. The predicted molar refractivity (Wildman–Crippen MR) is 78.7 cm³/mol. The minimum Gasteiger partial charge on any atom is -0.395 e. The van der Waals surface area contributed by atoms with Crippen molar-refractivity contribution in [1.29, 1.82) is 0 Å². The molecular formula is C14H20ClN3O2. The molecular weight excluding hydrogens is 278 g/mol. The van der Waals surface area contributed by atoms with Crippen LogP contribution in [0.1, 0.15) is 19.8 Å². The number of rotatable bonds is 4. The van der Waals surface area contributed by atoms with Crippen LogP contribution in [-0.2, 0) is 4.79 Å². The number of piperidine rings is 1. The van der Waals surface area contributed by atoms with Crippen molar-refractivity contribution < 1.29 is 9.90 Å². The molecule has 2 heterocycles. The van der Waals surface area contributed by atoms with Gasteiger partial charge < -0.3 is 10.4 Å². The zero-order valence-electron chi connectivity index (χ0n) is 11.6. The molecule has 1 aliphatic rings. The van der Waals surface area contributed by atoms with Crippen LogP contribution in [0.4, 0.5) is 5.69 Å². The summed E-state index contributed by atoms with van der Waals surface area (Å²) in [4.78, 5) is 18.0. The van der Waals surface area contributed by atoms with Gasteiger partial charge >= 0.3 is 0 Å². The summed E-state index contributed by atoms with van der Waals surface area (Å²) >= 11 is 5.91. The molecule has 1 aliphatic heterocycles. The Labute approximate surface area is 123 Å². The molecule has 0 aliphatic carbocycles. The van der Waals surface area contributed by atoms with E-state index in [-0.39, 0.29) is 30.3 Å². The Kier molecular flexibility index (Phi) is 5.34. The van der Waals surface area contributed by atoms with Crippen molar-refractivity contribution in [1.82, 2.24) is 9.88 Å². The summed E-state index contributed by atoms with van der Waals surface area (Å²) in [6, 6.07) is 3.50. The predicted octanol–water partition coefficient (Wildman–Crippen LogP) is 1.77. The normalized spacial score (nSPS) is 23.6. The second-order valence-corrected chi connectivity index (χ2v) is 5.59. The fourth-order valence-corrected chi connectivity index (χ4v) is 2.85. The summed E-state index contributed by atoms with van der Waals surface area (Å²) in [6.07, 6.45) is 3.72. The number of hydrogen-bond acceptors (Lipinski definition) is 4. The second kappa shape index (κ2) is 7.02. The first-order chi connectivity index (χ1) is 9.61. The quantitative estimate of drug-likeness (QED) is 0.831. The summed E-state index contributed by atoms with van der Waals surface area (Å²) in [7, 11) is 0. The molecule has 0 spiro atoms. The molecule has 0 aromatic carbocycles. The molecule has 1 aromatic rings. The highest BCUT2D eigenvalue weighted by molar-refractivity contribution is 6.32. The molecule has 2 N–H and O–H groups in total. The molecule has 1 fully saturated rings. The minimum atomic E-state index is -0.132. The smallest absolute Gasteiger partial charge is 0.238 e. The van der Waals surface area contributed by atoms with Crippen molar-refractivity contribution in [2.75, 3.05) is 25.0 Å². The van der Waals surface area contributed by atoms with Gasteiger partial charge in [0.05, 0.1) is 18.8 Å². The van der Waals surface area contributed by atoms with Gasteiger partial charge in [0.2, 0.25) is 5.91 Å². The average molecular weight is 298 g/mol. The standard InChI is InChI=1S/C14H20ClN3O2/c1-10-4-3-7-18(12(10)9-19)8-13(20)17-11-5-2-6-16-14(11)15/h2,5-6,10,12,19H,3-4,7-9H2,1H3,(H,17,20). The SMILES string of the molecule is CC1CCCN(CC(=O)Nc2cccnc2Cl)C1CO. The molecule has 5 nitrogen and oxygen atoms in total. The van der Waals surface area contributed by atoms with Crippen LogP contribution in [0.2, 0.25) is 5.15 Å². The number of pyridine rings is 1. The monoisotopic (exact) mass is 297 g/mol. The van der Waals surface area contributed by atoms with Gasteiger partial charge in [0.25, 0.3) is 0 Å². The first-order valence-corrected chi connectivity index (χ1v) is 7.25. The van der Waals surface area contributed by atoms with E-state index in [4.69, 9.17) is 11.6 Å². The van der Waals surface area contributed by atoms with Crippen LogP contribution in [0.15, 0.2) is 18.3 Å². The van der Waals surface area contributed by atoms with Crippen molar-refractivity contribution in [2.45, 2.75) is 25.8 Å². The van der Waals surface area contributed by atoms with Gasteiger partial charge in [-0.15, -0.1) is 0 Å². The second-order valence-electron chi connectivity index (χ2n) is 5.23. The van der Waals surface area contributed by atoms with Gasteiger partial charge in [-0.25, -0.2) is 4.98 Å². The average Bonchev–Trinajstić information content (AvgIpc) is 2.42. The number of hydrogen-bond donors (Lipinski definition) is 2. The first-order valence-electron chi connectivity index (χ1n) is 6.87. The topological polar surface area (TPSA) is 65.5 Å². The zero-order valence-corrected chi connectivity index (χ0v) is 12.3. The molecule has 2 rings (SSSR count). The Balaban J connectivity index is 1.95. The number of nitrogens with one attached hydrogen (secondary N) is 1. The van der Waals surface area contributed by atoms with Crippen molar-refractivity contribution >= 4 is 23.2 Å². The van der Waals surface area contributed by atoms with Crippen LogP contribution in [-0.4, -0.2) is 46.6 Å². The van der Waals surface area contributed by atoms with Gasteiger partial charge in [0, 0.05) is 12.2 Å². The molecule has 6 heteroatoms. The molecule has 110 valence electrons. The summed E-state index contributed by atoms with van der Waals surface area (Å²) in [5.74, 6) is 0.274. The van der Waals surface area contributed by atoms with Gasteiger partial charge in [-0.2, -0.15) is 0 Å². The highest BCUT2D eigenvalue weighted by Crippen LogP contribution is 2.23. The Hall–Kier alpha value is -1.17. The first kappa shape index (κ1) is 15.2. The Morgan fingerprint density at radius 3 is 3.15 bits per heavy atom. The fraction of sp³-hybridized carbons (Fsp3) is 0.571. The number of halogens is 1. The van der Waals surface area contributed by atoms with E-state index >= 15 is 0 Å². The Bertz CT molecular complexity index is 469. The number of nitrogens with zero attached hydrogens (tertiary/aromatic N) is 2. The molecule has 2 unspecified atom stereocenters. The molecule has 0 bridgehead atoms. The van der Waals surface area contributed by atoms with Crippen LogP contribution in [0, 0.1) is 5.92 Å². The van der Waals surface area contributed by atoms with E-state index in [0.29, 0.717) is 11.6 Å². The molecule has 1 aromatic heterocycles. The van der Waals surface area contributed by atoms with Crippen LogP contribution >= 0.6 is 11.6 Å². The molecule has 0 saturated carbocycles. The van der Waals surface area contributed by atoms with Crippen LogP contribution in [0.25, 0.3) is 0 Å². The van der Waals surface area contributed by atoms with Crippen molar-refractivity contribution in [3.8, 4) is 0 Å². The van der Waals surface area contributed by atoms with Crippen molar-refractivity contribution in [2.24, 2.45) is 5.92 Å². The summed E-state index contributed by atoms with van der Waals surface area (Å²) in [5.41, 5.74) is 0.518. The lowest BCUT2D eigenvalue weighted by Gasteiger charge is -2.38. The lowest BCUT2D eigenvalue weighted by Crippen LogP contribution is -2.49. The zero-order chi connectivity index (χ0) is 14.5. The third kappa shape index (κ3) is 3.69. The number of amides is 1. The number of aliphatic hydroxyl groups excluding tert-OH is 1. The Morgan fingerprint density at radius 2 is 2.45 bits per heavy atom. The maximum atomic E-state index is 12.1. The van der Waals surface area contributed by atoms with Crippen LogP contribution in [0.5, 0.6) is 0 Å². The van der Waals surface area contributed by atoms with Gasteiger partial charge in [-0.1, -0.05) is 18.5 Å². The summed E-state index contributed by atoms with van der Waals surface area (Å²) in [5, 5.41) is 12.5. The fourth-order valence-electron chi connectivity index (χ4n) is 2.68. The molecule has 20 heavy (non-hydrogen) atoms. The van der Waals surface area contributed by atoms with Crippen LogP contribution < -0.4 is 5.32 Å². The van der Waals surface area contributed by atoms with E-state index in [1.165, 1.54) is 0 Å². The summed E-state index contributed by atoms with van der Waals surface area (Å²) in [6.45, 7) is 3.30. The molecule has 0 radical (unpaired) electrons. The van der Waals surface area contributed by atoms with Gasteiger partial charge in [-0.3, -0.25) is 9.69 Å². The highest BCUT2D eigenvalue weighted by atomic mass is 35.5. The summed E-state index contributed by atoms with van der Waals surface area (Å²) < 4.78 is 0. The number of likely N-dealkylation sites (tertiary alicyclic amines) is 1. The number of anilines is 1. The molecule has 2 atom stereocenters. The van der Waals surface area contributed by atoms with Gasteiger partial charge in [0.1, 0.15) is 0 Å². The molecule has 1 saturated heterocycles. The van der Waals surface area contributed by atoms with Crippen molar-refractivity contribution in [3.63, 3.8) is 0 Å². The largest absolute Gasteiger partial charge is 0.395 e. The van der Waals surface area contributed by atoms with E-state index < -0.39 is 0 Å². The maximum Gasteiger partial charge on any atom is 0.238 e.